The van der Waals surface area contributed by atoms with Gasteiger partial charge in [-0.1, -0.05) is 36.4 Å². The van der Waals surface area contributed by atoms with E-state index in [1.807, 2.05) is 60.5 Å². The number of ether oxygens (including phenoxy) is 2. The maximum atomic E-state index is 13.5. The van der Waals surface area contributed by atoms with E-state index in [1.54, 1.807) is 42.7 Å². The lowest BCUT2D eigenvalue weighted by Crippen LogP contribution is -2.40. The van der Waals surface area contributed by atoms with Crippen molar-refractivity contribution in [2.45, 2.75) is 23.5 Å². The summed E-state index contributed by atoms with van der Waals surface area (Å²) < 4.78 is 52.2. The van der Waals surface area contributed by atoms with Crippen LogP contribution in [0.2, 0.25) is 0 Å². The maximum Gasteiger partial charge on any atom is 0.179 e. The Kier molecular flexibility index (Phi) is 9.34. The SMILES string of the molecule is CN(CCS(=O)(=O)c1ccccc1)CC1(c2ccc3ncnc(Nc4ccc(OCc5cccc(F)c5)c(Br)c4)c3c2)CC=CO1. The molecule has 46 heavy (non-hydrogen) atoms. The van der Waals surface area contributed by atoms with Crippen molar-refractivity contribution in [1.29, 1.82) is 0 Å². The van der Waals surface area contributed by atoms with Gasteiger partial charge in [0.2, 0.25) is 0 Å². The molecule has 0 bridgehead atoms. The molecule has 11 heteroatoms. The van der Waals surface area contributed by atoms with Crippen molar-refractivity contribution < 1.29 is 22.3 Å². The lowest BCUT2D eigenvalue weighted by atomic mass is 9.89. The molecule has 8 nitrogen and oxygen atoms in total. The fourth-order valence-electron chi connectivity index (χ4n) is 5.44. The molecule has 0 fully saturated rings. The minimum atomic E-state index is -3.41. The van der Waals surface area contributed by atoms with Gasteiger partial charge in [-0.05, 0) is 94.8 Å². The van der Waals surface area contributed by atoms with Gasteiger partial charge in [0.05, 0.1) is 26.9 Å². The van der Waals surface area contributed by atoms with Gasteiger partial charge in [-0.3, -0.25) is 0 Å². The third-order valence-corrected chi connectivity index (χ3v) is 10.2. The second kappa shape index (κ2) is 13.6. The van der Waals surface area contributed by atoms with E-state index in [-0.39, 0.29) is 18.2 Å². The summed E-state index contributed by atoms with van der Waals surface area (Å²) in [5.74, 6) is 0.942. The second-order valence-corrected chi connectivity index (χ2v) is 14.2. The summed E-state index contributed by atoms with van der Waals surface area (Å²) >= 11 is 3.58. The van der Waals surface area contributed by atoms with Gasteiger partial charge < -0.3 is 19.7 Å². The Bertz CT molecular complexity index is 1980. The van der Waals surface area contributed by atoms with E-state index < -0.39 is 15.4 Å². The lowest BCUT2D eigenvalue weighted by molar-refractivity contribution is 0.0123. The average molecular weight is 704 g/mol. The van der Waals surface area contributed by atoms with E-state index in [0.717, 1.165) is 32.2 Å². The molecule has 2 heterocycles. The molecule has 4 aromatic carbocycles. The minimum absolute atomic E-state index is 0.000839. The van der Waals surface area contributed by atoms with E-state index >= 15 is 0 Å². The van der Waals surface area contributed by atoms with Crippen LogP contribution in [0.3, 0.4) is 0 Å². The number of hydrogen-bond acceptors (Lipinski definition) is 8. The first-order chi connectivity index (χ1) is 22.2. The normalized spacial score (nSPS) is 16.1. The largest absolute Gasteiger partial charge is 0.489 e. The fourth-order valence-corrected chi connectivity index (χ4v) is 7.29. The number of aromatic nitrogens is 2. The zero-order valence-electron chi connectivity index (χ0n) is 25.1. The summed E-state index contributed by atoms with van der Waals surface area (Å²) in [5.41, 5.74) is 2.51. The van der Waals surface area contributed by atoms with Crippen LogP contribution in [0.25, 0.3) is 10.9 Å². The number of anilines is 2. The quantitative estimate of drug-likeness (QED) is 0.144. The topological polar surface area (TPSA) is 93.7 Å². The van der Waals surface area contributed by atoms with Gasteiger partial charge in [0.1, 0.15) is 35.9 Å². The molecule has 0 aliphatic carbocycles. The van der Waals surface area contributed by atoms with Crippen molar-refractivity contribution in [3.63, 3.8) is 0 Å². The van der Waals surface area contributed by atoms with Gasteiger partial charge in [0.15, 0.2) is 9.84 Å². The summed E-state index contributed by atoms with van der Waals surface area (Å²) in [7, 11) is -1.50. The first-order valence-electron chi connectivity index (χ1n) is 14.7. The van der Waals surface area contributed by atoms with Crippen molar-refractivity contribution in [3.8, 4) is 5.75 Å². The number of halogens is 2. The Morgan fingerprint density at radius 2 is 1.87 bits per heavy atom. The zero-order valence-corrected chi connectivity index (χ0v) is 27.5. The van der Waals surface area contributed by atoms with Crippen LogP contribution in [-0.4, -0.2) is 49.2 Å². The molecule has 0 saturated heterocycles. The number of nitrogens with one attached hydrogen (secondary N) is 1. The highest BCUT2D eigenvalue weighted by Crippen LogP contribution is 2.38. The second-order valence-electron chi connectivity index (χ2n) is 11.2. The molecule has 1 aliphatic rings. The number of fused-ring (bicyclic) bond motifs is 1. The minimum Gasteiger partial charge on any atom is -0.489 e. The highest BCUT2D eigenvalue weighted by molar-refractivity contribution is 9.10. The average Bonchev–Trinajstić information content (AvgIpc) is 3.53. The van der Waals surface area contributed by atoms with E-state index in [1.165, 1.54) is 18.5 Å². The highest BCUT2D eigenvalue weighted by atomic mass is 79.9. The smallest absolute Gasteiger partial charge is 0.179 e. The Balaban J connectivity index is 1.19. The fraction of sp³-hybridized carbons (Fsp3) is 0.200. The van der Waals surface area contributed by atoms with Crippen LogP contribution in [0.4, 0.5) is 15.9 Å². The van der Waals surface area contributed by atoms with Gasteiger partial charge in [0.25, 0.3) is 0 Å². The van der Waals surface area contributed by atoms with E-state index in [0.29, 0.717) is 36.0 Å². The zero-order chi connectivity index (χ0) is 32.1. The number of rotatable bonds is 12. The summed E-state index contributed by atoms with van der Waals surface area (Å²) in [5, 5.41) is 4.21. The molecule has 0 spiro atoms. The molecule has 0 radical (unpaired) electrons. The highest BCUT2D eigenvalue weighted by Gasteiger charge is 2.37. The third-order valence-electron chi connectivity index (χ3n) is 7.85. The van der Waals surface area contributed by atoms with Crippen LogP contribution in [0.5, 0.6) is 5.75 Å². The predicted octanol–water partition coefficient (Wildman–Crippen LogP) is 7.39. The monoisotopic (exact) mass is 702 g/mol. The van der Waals surface area contributed by atoms with Crippen LogP contribution >= 0.6 is 15.9 Å². The van der Waals surface area contributed by atoms with E-state index in [2.05, 4.69) is 31.2 Å². The molecule has 0 amide bonds. The molecular weight excluding hydrogens is 671 g/mol. The number of sulfone groups is 1. The van der Waals surface area contributed by atoms with Crippen molar-refractivity contribution in [1.82, 2.24) is 14.9 Å². The maximum absolute atomic E-state index is 13.5. The Morgan fingerprint density at radius 1 is 1.02 bits per heavy atom. The molecule has 1 unspecified atom stereocenters. The number of likely N-dealkylation sites (N-methyl/N-ethyl adjacent to an activating group) is 1. The summed E-state index contributed by atoms with van der Waals surface area (Å²) in [6, 6.07) is 26.4. The van der Waals surface area contributed by atoms with Gasteiger partial charge in [0, 0.05) is 30.6 Å². The molecular formula is C35H32BrFN4O4S. The first kappa shape index (κ1) is 31.7. The molecule has 236 valence electrons. The number of benzene rings is 4. The standard InChI is InChI=1S/C35H32BrFN4O4S/c1-41(16-18-46(42,43)29-9-3-2-4-10-29)23-35(15-6-17-45-35)26-11-13-32-30(20-26)34(39-24-38-32)40-28-12-14-33(31(36)21-28)44-22-25-7-5-8-27(37)19-25/h2-14,17,19-21,24H,15-16,18,22-23H2,1H3,(H,38,39,40). The van der Waals surface area contributed by atoms with Crippen LogP contribution in [0, 0.1) is 5.82 Å². The Morgan fingerprint density at radius 3 is 2.63 bits per heavy atom. The van der Waals surface area contributed by atoms with Crippen LogP contribution in [0.15, 0.2) is 119 Å². The van der Waals surface area contributed by atoms with E-state index in [4.69, 9.17) is 9.47 Å². The van der Waals surface area contributed by atoms with Gasteiger partial charge >= 0.3 is 0 Å². The first-order valence-corrected chi connectivity index (χ1v) is 17.1. The number of hydrogen-bond donors (Lipinski definition) is 1. The van der Waals surface area contributed by atoms with Crippen LogP contribution < -0.4 is 10.1 Å². The van der Waals surface area contributed by atoms with Crippen molar-refractivity contribution in [3.05, 3.63) is 131 Å². The molecule has 1 aromatic heterocycles. The molecule has 1 atom stereocenters. The van der Waals surface area contributed by atoms with Crippen molar-refractivity contribution in [2.24, 2.45) is 0 Å². The van der Waals surface area contributed by atoms with E-state index in [9.17, 15) is 12.8 Å². The Labute approximate surface area is 276 Å². The summed E-state index contributed by atoms with van der Waals surface area (Å²) in [6.07, 6.45) is 5.83. The number of nitrogens with zero attached hydrogens (tertiary/aromatic N) is 3. The van der Waals surface area contributed by atoms with Gasteiger partial charge in [-0.15, -0.1) is 0 Å². The summed E-state index contributed by atoms with van der Waals surface area (Å²) in [6.45, 7) is 1.07. The molecule has 1 N–H and O–H groups in total. The van der Waals surface area contributed by atoms with Crippen LogP contribution in [0.1, 0.15) is 17.5 Å². The molecule has 1 aliphatic heterocycles. The summed E-state index contributed by atoms with van der Waals surface area (Å²) in [4.78, 5) is 11.3. The molecule has 5 aromatic rings. The molecule has 6 rings (SSSR count). The Hall–Kier alpha value is -4.32. The molecule has 0 saturated carbocycles. The van der Waals surface area contributed by atoms with Crippen molar-refractivity contribution in [2.75, 3.05) is 31.2 Å². The lowest BCUT2D eigenvalue weighted by Gasteiger charge is -2.33. The van der Waals surface area contributed by atoms with Crippen molar-refractivity contribution >= 4 is 48.2 Å². The van der Waals surface area contributed by atoms with Gasteiger partial charge in [-0.2, -0.15) is 0 Å². The third kappa shape index (κ3) is 7.22. The van der Waals surface area contributed by atoms with Crippen LogP contribution in [-0.2, 0) is 26.8 Å². The van der Waals surface area contributed by atoms with Gasteiger partial charge in [-0.25, -0.2) is 22.8 Å². The predicted molar refractivity (Wildman–Crippen MR) is 180 cm³/mol.